The summed E-state index contributed by atoms with van der Waals surface area (Å²) in [7, 11) is 3.24. The maximum Gasteiger partial charge on any atom is 0.416 e. The van der Waals surface area contributed by atoms with Crippen LogP contribution in [0.15, 0.2) is 72.8 Å². The van der Waals surface area contributed by atoms with Crippen molar-refractivity contribution in [3.05, 3.63) is 101 Å². The average Bonchev–Trinajstić information content (AvgIpc) is 2.77. The minimum Gasteiger partial charge on any atom is -0.497 e. The molecule has 1 aliphatic carbocycles. The summed E-state index contributed by atoms with van der Waals surface area (Å²) in [6, 6.07) is 19.2. The first kappa shape index (κ1) is 20.1. The molecule has 0 bridgehead atoms. The lowest BCUT2D eigenvalue weighted by molar-refractivity contribution is -0.137. The minimum atomic E-state index is -4.34. The number of methoxy groups -OCH3 is 2. The topological polar surface area (TPSA) is 18.5 Å². The second kappa shape index (κ2) is 7.90. The minimum absolute atomic E-state index is 0.0481. The predicted octanol–water partition coefficient (Wildman–Crippen LogP) is 6.49. The molecule has 0 amide bonds. The van der Waals surface area contributed by atoms with Crippen molar-refractivity contribution in [1.82, 2.24) is 0 Å². The molecule has 0 aliphatic heterocycles. The van der Waals surface area contributed by atoms with Gasteiger partial charge in [0.25, 0.3) is 0 Å². The molecule has 3 aromatic carbocycles. The van der Waals surface area contributed by atoms with E-state index in [1.54, 1.807) is 26.4 Å². The Kier molecular flexibility index (Phi) is 5.29. The summed E-state index contributed by atoms with van der Waals surface area (Å²) in [6.45, 7) is 0. The number of allylic oxidation sites excluding steroid dienone is 1. The molecule has 0 spiro atoms. The van der Waals surface area contributed by atoms with Gasteiger partial charge in [-0.2, -0.15) is 13.2 Å². The Morgan fingerprint density at radius 3 is 2.20 bits per heavy atom. The highest BCUT2D eigenvalue weighted by atomic mass is 19.4. The molecular formula is C25H21F3O2. The average molecular weight is 410 g/mol. The molecule has 0 saturated carbocycles. The fourth-order valence-electron chi connectivity index (χ4n) is 3.89. The van der Waals surface area contributed by atoms with Crippen molar-refractivity contribution in [2.24, 2.45) is 0 Å². The lowest BCUT2D eigenvalue weighted by Crippen LogP contribution is -2.11. The highest BCUT2D eigenvalue weighted by molar-refractivity contribution is 5.84. The molecule has 0 heterocycles. The van der Waals surface area contributed by atoms with Crippen molar-refractivity contribution >= 4 is 5.57 Å². The number of ether oxygens (including phenoxy) is 2. The molecule has 3 aromatic rings. The summed E-state index contributed by atoms with van der Waals surface area (Å²) in [4.78, 5) is 0. The van der Waals surface area contributed by atoms with E-state index in [2.05, 4.69) is 6.08 Å². The van der Waals surface area contributed by atoms with Crippen LogP contribution in [0.1, 0.15) is 33.7 Å². The molecule has 0 radical (unpaired) electrons. The summed E-state index contributed by atoms with van der Waals surface area (Å²) in [6.07, 6.45) is -1.52. The van der Waals surface area contributed by atoms with E-state index >= 15 is 0 Å². The number of fused-ring (bicyclic) bond motifs is 1. The van der Waals surface area contributed by atoms with Gasteiger partial charge in [-0.25, -0.2) is 0 Å². The van der Waals surface area contributed by atoms with Crippen LogP contribution in [0.5, 0.6) is 11.5 Å². The van der Waals surface area contributed by atoms with Crippen molar-refractivity contribution in [3.8, 4) is 11.5 Å². The van der Waals surface area contributed by atoms with E-state index in [1.165, 1.54) is 0 Å². The van der Waals surface area contributed by atoms with E-state index in [0.717, 1.165) is 51.5 Å². The molecule has 154 valence electrons. The molecular weight excluding hydrogens is 389 g/mol. The Labute approximate surface area is 173 Å². The van der Waals surface area contributed by atoms with Crippen LogP contribution >= 0.6 is 0 Å². The van der Waals surface area contributed by atoms with Gasteiger partial charge in [-0.1, -0.05) is 36.4 Å². The van der Waals surface area contributed by atoms with Crippen molar-refractivity contribution in [1.29, 1.82) is 0 Å². The van der Waals surface area contributed by atoms with Crippen LogP contribution in [0.2, 0.25) is 0 Å². The van der Waals surface area contributed by atoms with Gasteiger partial charge in [-0.3, -0.25) is 0 Å². The molecule has 0 aromatic heterocycles. The van der Waals surface area contributed by atoms with Crippen LogP contribution in [0.3, 0.4) is 0 Å². The smallest absolute Gasteiger partial charge is 0.416 e. The van der Waals surface area contributed by atoms with Crippen LogP contribution in [-0.2, 0) is 12.6 Å². The highest BCUT2D eigenvalue weighted by Gasteiger charge is 2.30. The van der Waals surface area contributed by atoms with Crippen LogP contribution in [0.4, 0.5) is 13.2 Å². The van der Waals surface area contributed by atoms with Gasteiger partial charge in [-0.05, 0) is 70.6 Å². The van der Waals surface area contributed by atoms with E-state index in [4.69, 9.17) is 9.47 Å². The number of hydrogen-bond acceptors (Lipinski definition) is 2. The normalized spacial score (nSPS) is 15.9. The first-order chi connectivity index (χ1) is 14.4. The second-order valence-electron chi connectivity index (χ2n) is 7.27. The Morgan fingerprint density at radius 1 is 0.833 bits per heavy atom. The van der Waals surface area contributed by atoms with Gasteiger partial charge in [0.2, 0.25) is 0 Å². The van der Waals surface area contributed by atoms with Gasteiger partial charge in [-0.15, -0.1) is 0 Å². The van der Waals surface area contributed by atoms with Gasteiger partial charge in [0.1, 0.15) is 11.5 Å². The molecule has 0 N–H and O–H groups in total. The zero-order valence-corrected chi connectivity index (χ0v) is 16.7. The summed E-state index contributed by atoms with van der Waals surface area (Å²) in [5.74, 6) is 1.46. The van der Waals surface area contributed by atoms with Crippen LogP contribution in [0.25, 0.3) is 5.57 Å². The maximum absolute atomic E-state index is 13.0. The van der Waals surface area contributed by atoms with E-state index in [9.17, 15) is 13.2 Å². The molecule has 0 fully saturated rings. The molecule has 1 aliphatic rings. The Morgan fingerprint density at radius 2 is 1.53 bits per heavy atom. The number of benzene rings is 3. The molecule has 30 heavy (non-hydrogen) atoms. The second-order valence-corrected chi connectivity index (χ2v) is 7.27. The SMILES string of the molecule is COc1cccc(C2=CC(c3ccc(C(F)(F)F)cc3)Cc3cc(OC)ccc32)c1. The third-order valence-electron chi connectivity index (χ3n) is 5.46. The highest BCUT2D eigenvalue weighted by Crippen LogP contribution is 2.40. The monoisotopic (exact) mass is 410 g/mol. The fraction of sp³-hybridized carbons (Fsp3) is 0.200. The molecule has 1 unspecified atom stereocenters. The van der Waals surface area contributed by atoms with Crippen molar-refractivity contribution in [3.63, 3.8) is 0 Å². The molecule has 2 nitrogen and oxygen atoms in total. The first-order valence-electron chi connectivity index (χ1n) is 9.59. The van der Waals surface area contributed by atoms with Crippen molar-refractivity contribution in [2.45, 2.75) is 18.5 Å². The lowest BCUT2D eigenvalue weighted by atomic mass is 9.79. The third-order valence-corrected chi connectivity index (χ3v) is 5.46. The molecule has 4 rings (SSSR count). The van der Waals surface area contributed by atoms with Gasteiger partial charge >= 0.3 is 6.18 Å². The fourth-order valence-corrected chi connectivity index (χ4v) is 3.89. The number of rotatable bonds is 4. The maximum atomic E-state index is 13.0. The van der Waals surface area contributed by atoms with Crippen LogP contribution in [-0.4, -0.2) is 14.2 Å². The summed E-state index contributed by atoms with van der Waals surface area (Å²) in [5, 5.41) is 0. The summed E-state index contributed by atoms with van der Waals surface area (Å²) in [5.41, 5.74) is 4.42. The summed E-state index contributed by atoms with van der Waals surface area (Å²) >= 11 is 0. The number of halogens is 3. The van der Waals surface area contributed by atoms with Gasteiger partial charge in [0.15, 0.2) is 0 Å². The summed E-state index contributed by atoms with van der Waals surface area (Å²) < 4.78 is 49.6. The zero-order valence-electron chi connectivity index (χ0n) is 16.7. The van der Waals surface area contributed by atoms with Crippen molar-refractivity contribution in [2.75, 3.05) is 14.2 Å². The Hall–Kier alpha value is -3.21. The molecule has 5 heteroatoms. The first-order valence-corrected chi connectivity index (χ1v) is 9.59. The zero-order chi connectivity index (χ0) is 21.3. The quantitative estimate of drug-likeness (QED) is 0.489. The van der Waals surface area contributed by atoms with E-state index in [-0.39, 0.29) is 5.92 Å². The predicted molar refractivity (Wildman–Crippen MR) is 111 cm³/mol. The van der Waals surface area contributed by atoms with Gasteiger partial charge in [0.05, 0.1) is 19.8 Å². The number of alkyl halides is 3. The largest absolute Gasteiger partial charge is 0.497 e. The standard InChI is InChI=1S/C25H21F3O2/c1-29-21-5-3-4-17(13-21)24-15-18(12-19-14-22(30-2)10-11-23(19)24)16-6-8-20(9-7-16)25(26,27)28/h3-11,13-15,18H,12H2,1-2H3. The van der Waals surface area contributed by atoms with Gasteiger partial charge in [0, 0.05) is 5.92 Å². The van der Waals surface area contributed by atoms with E-state index in [0.29, 0.717) is 6.42 Å². The molecule has 0 saturated heterocycles. The Bertz CT molecular complexity index is 1080. The van der Waals surface area contributed by atoms with E-state index in [1.807, 2.05) is 42.5 Å². The Balaban J connectivity index is 1.80. The number of hydrogen-bond donors (Lipinski definition) is 0. The van der Waals surface area contributed by atoms with Crippen molar-refractivity contribution < 1.29 is 22.6 Å². The van der Waals surface area contributed by atoms with Crippen LogP contribution in [0, 0.1) is 0 Å². The van der Waals surface area contributed by atoms with E-state index < -0.39 is 11.7 Å². The van der Waals surface area contributed by atoms with Crippen LogP contribution < -0.4 is 9.47 Å². The van der Waals surface area contributed by atoms with Gasteiger partial charge < -0.3 is 9.47 Å². The lowest BCUT2D eigenvalue weighted by Gasteiger charge is -2.26. The third kappa shape index (κ3) is 3.92. The molecule has 1 atom stereocenters.